The van der Waals surface area contributed by atoms with Crippen LogP contribution in [0, 0.1) is 19.7 Å². The zero-order valence-electron chi connectivity index (χ0n) is 14.1. The first-order chi connectivity index (χ1) is 11.9. The average Bonchev–Trinajstić information content (AvgIpc) is 2.54. The molecule has 0 bridgehead atoms. The van der Waals surface area contributed by atoms with Gasteiger partial charge in [0, 0.05) is 29.8 Å². The predicted molar refractivity (Wildman–Crippen MR) is 94.5 cm³/mol. The SMILES string of the molecule is Cc1cc(C)cc(NC(=O)C2=CNC(=O)CC2c2ccc(F)cc2)c1. The van der Waals surface area contributed by atoms with Gasteiger partial charge in [-0.1, -0.05) is 18.2 Å². The third kappa shape index (κ3) is 3.94. The maximum atomic E-state index is 13.2. The van der Waals surface area contributed by atoms with Crippen LogP contribution >= 0.6 is 0 Å². The number of halogens is 1. The zero-order valence-corrected chi connectivity index (χ0v) is 14.1. The van der Waals surface area contributed by atoms with Crippen molar-refractivity contribution >= 4 is 17.5 Å². The van der Waals surface area contributed by atoms with Crippen LogP contribution in [-0.4, -0.2) is 11.8 Å². The normalized spacial score (nSPS) is 16.8. The van der Waals surface area contributed by atoms with Crippen LogP contribution in [0.25, 0.3) is 0 Å². The van der Waals surface area contributed by atoms with Gasteiger partial charge in [0.15, 0.2) is 0 Å². The standard InChI is InChI=1S/C20H19FN2O2/c1-12-7-13(2)9-16(8-12)23-20(25)18-11-22-19(24)10-17(18)14-3-5-15(21)6-4-14/h3-9,11,17H,10H2,1-2H3,(H,22,24)(H,23,25). The molecule has 1 unspecified atom stereocenters. The molecule has 25 heavy (non-hydrogen) atoms. The fourth-order valence-corrected chi connectivity index (χ4v) is 3.08. The van der Waals surface area contributed by atoms with E-state index in [1.54, 1.807) is 12.1 Å². The van der Waals surface area contributed by atoms with Crippen molar-refractivity contribution in [1.82, 2.24) is 5.32 Å². The molecule has 2 amide bonds. The van der Waals surface area contributed by atoms with Crippen molar-refractivity contribution in [2.75, 3.05) is 5.32 Å². The lowest BCUT2D eigenvalue weighted by molar-refractivity contribution is -0.121. The highest BCUT2D eigenvalue weighted by Crippen LogP contribution is 2.31. The summed E-state index contributed by atoms with van der Waals surface area (Å²) in [5.41, 5.74) is 3.99. The molecule has 2 aromatic rings. The molecule has 0 aliphatic carbocycles. The van der Waals surface area contributed by atoms with Gasteiger partial charge in [-0.05, 0) is 54.8 Å². The van der Waals surface area contributed by atoms with Crippen LogP contribution in [0.4, 0.5) is 10.1 Å². The highest BCUT2D eigenvalue weighted by atomic mass is 19.1. The molecule has 1 atom stereocenters. The lowest BCUT2D eigenvalue weighted by Crippen LogP contribution is -2.32. The van der Waals surface area contributed by atoms with E-state index in [4.69, 9.17) is 0 Å². The Hall–Kier alpha value is -2.95. The fourth-order valence-electron chi connectivity index (χ4n) is 3.08. The molecule has 1 heterocycles. The van der Waals surface area contributed by atoms with Gasteiger partial charge in [-0.15, -0.1) is 0 Å². The third-order valence-corrected chi connectivity index (χ3v) is 4.17. The summed E-state index contributed by atoms with van der Waals surface area (Å²) in [6, 6.07) is 11.7. The Bertz CT molecular complexity index is 836. The second kappa shape index (κ2) is 6.89. The first-order valence-corrected chi connectivity index (χ1v) is 8.07. The maximum absolute atomic E-state index is 13.2. The molecule has 0 fully saturated rings. The van der Waals surface area contributed by atoms with E-state index >= 15 is 0 Å². The van der Waals surface area contributed by atoms with Gasteiger partial charge in [-0.25, -0.2) is 4.39 Å². The second-order valence-corrected chi connectivity index (χ2v) is 6.31. The number of aryl methyl sites for hydroxylation is 2. The summed E-state index contributed by atoms with van der Waals surface area (Å²) in [7, 11) is 0. The number of rotatable bonds is 3. The van der Waals surface area contributed by atoms with Crippen molar-refractivity contribution < 1.29 is 14.0 Å². The lowest BCUT2D eigenvalue weighted by atomic mass is 9.86. The molecular weight excluding hydrogens is 319 g/mol. The van der Waals surface area contributed by atoms with E-state index in [0.29, 0.717) is 11.3 Å². The van der Waals surface area contributed by atoms with E-state index in [-0.39, 0.29) is 24.1 Å². The monoisotopic (exact) mass is 338 g/mol. The van der Waals surface area contributed by atoms with Gasteiger partial charge in [0.2, 0.25) is 5.91 Å². The van der Waals surface area contributed by atoms with Crippen molar-refractivity contribution in [3.63, 3.8) is 0 Å². The molecule has 0 saturated heterocycles. The van der Waals surface area contributed by atoms with E-state index < -0.39 is 5.92 Å². The maximum Gasteiger partial charge on any atom is 0.253 e. The summed E-state index contributed by atoms with van der Waals surface area (Å²) >= 11 is 0. The number of nitrogens with one attached hydrogen (secondary N) is 2. The minimum absolute atomic E-state index is 0.151. The molecule has 3 rings (SSSR count). The highest BCUT2D eigenvalue weighted by Gasteiger charge is 2.28. The molecule has 1 aliphatic heterocycles. The Morgan fingerprint density at radius 1 is 1.12 bits per heavy atom. The third-order valence-electron chi connectivity index (χ3n) is 4.17. The molecule has 0 radical (unpaired) electrons. The molecular formula is C20H19FN2O2. The van der Waals surface area contributed by atoms with Crippen molar-refractivity contribution in [1.29, 1.82) is 0 Å². The van der Waals surface area contributed by atoms with Gasteiger partial charge in [-0.3, -0.25) is 9.59 Å². The predicted octanol–water partition coefficient (Wildman–Crippen LogP) is 3.57. The van der Waals surface area contributed by atoms with Crippen LogP contribution in [0.3, 0.4) is 0 Å². The van der Waals surface area contributed by atoms with E-state index in [1.165, 1.54) is 18.3 Å². The quantitative estimate of drug-likeness (QED) is 0.899. The Morgan fingerprint density at radius 3 is 2.40 bits per heavy atom. The number of carbonyl (C=O) groups excluding carboxylic acids is 2. The summed E-state index contributed by atoms with van der Waals surface area (Å²) < 4.78 is 13.2. The van der Waals surface area contributed by atoms with Crippen LogP contribution < -0.4 is 10.6 Å². The van der Waals surface area contributed by atoms with Crippen LogP contribution in [0.2, 0.25) is 0 Å². The van der Waals surface area contributed by atoms with Crippen LogP contribution in [0.5, 0.6) is 0 Å². The highest BCUT2D eigenvalue weighted by molar-refractivity contribution is 6.06. The van der Waals surface area contributed by atoms with E-state index in [1.807, 2.05) is 32.0 Å². The summed E-state index contributed by atoms with van der Waals surface area (Å²) in [5, 5.41) is 5.48. The van der Waals surface area contributed by atoms with Gasteiger partial charge in [-0.2, -0.15) is 0 Å². The molecule has 0 aromatic heterocycles. The van der Waals surface area contributed by atoms with Crippen LogP contribution in [0.15, 0.2) is 54.2 Å². The summed E-state index contributed by atoms with van der Waals surface area (Å²) in [6.45, 7) is 3.92. The number of anilines is 1. The van der Waals surface area contributed by atoms with E-state index in [9.17, 15) is 14.0 Å². The second-order valence-electron chi connectivity index (χ2n) is 6.31. The van der Waals surface area contributed by atoms with E-state index in [0.717, 1.165) is 16.7 Å². The van der Waals surface area contributed by atoms with Crippen molar-refractivity contribution in [2.45, 2.75) is 26.2 Å². The van der Waals surface area contributed by atoms with Crippen molar-refractivity contribution in [3.05, 3.63) is 76.7 Å². The van der Waals surface area contributed by atoms with Crippen LogP contribution in [-0.2, 0) is 9.59 Å². The Kier molecular flexibility index (Phi) is 4.65. The first-order valence-electron chi connectivity index (χ1n) is 8.07. The minimum atomic E-state index is -0.403. The summed E-state index contributed by atoms with van der Waals surface area (Å²) in [5.74, 6) is -1.20. The Morgan fingerprint density at radius 2 is 1.76 bits per heavy atom. The van der Waals surface area contributed by atoms with E-state index in [2.05, 4.69) is 10.6 Å². The van der Waals surface area contributed by atoms with Crippen LogP contribution in [0.1, 0.15) is 29.0 Å². The molecule has 1 aliphatic rings. The number of benzene rings is 2. The molecule has 2 N–H and O–H groups in total. The fraction of sp³-hybridized carbons (Fsp3) is 0.200. The molecule has 4 nitrogen and oxygen atoms in total. The van der Waals surface area contributed by atoms with Crippen molar-refractivity contribution in [3.8, 4) is 0 Å². The molecule has 0 saturated carbocycles. The number of hydrogen-bond acceptors (Lipinski definition) is 2. The topological polar surface area (TPSA) is 58.2 Å². The van der Waals surface area contributed by atoms with Gasteiger partial charge in [0.25, 0.3) is 5.91 Å². The first kappa shape index (κ1) is 16.9. The van der Waals surface area contributed by atoms with Crippen molar-refractivity contribution in [2.24, 2.45) is 0 Å². The number of carbonyl (C=O) groups is 2. The van der Waals surface area contributed by atoms with Gasteiger partial charge in [0.1, 0.15) is 5.82 Å². The summed E-state index contributed by atoms with van der Waals surface area (Å²) in [6.07, 6.45) is 1.59. The summed E-state index contributed by atoms with van der Waals surface area (Å²) in [4.78, 5) is 24.5. The lowest BCUT2D eigenvalue weighted by Gasteiger charge is -2.24. The largest absolute Gasteiger partial charge is 0.332 e. The Labute approximate surface area is 145 Å². The zero-order chi connectivity index (χ0) is 18.0. The smallest absolute Gasteiger partial charge is 0.253 e. The van der Waals surface area contributed by atoms with Gasteiger partial charge in [0.05, 0.1) is 0 Å². The molecule has 0 spiro atoms. The van der Waals surface area contributed by atoms with Gasteiger partial charge >= 0.3 is 0 Å². The number of hydrogen-bond donors (Lipinski definition) is 2. The molecule has 5 heteroatoms. The Balaban J connectivity index is 1.88. The number of amides is 2. The van der Waals surface area contributed by atoms with Gasteiger partial charge < -0.3 is 10.6 Å². The molecule has 128 valence electrons. The average molecular weight is 338 g/mol. The minimum Gasteiger partial charge on any atom is -0.332 e. The molecule has 2 aromatic carbocycles.